The molecule has 0 aromatic heterocycles. The second-order valence-corrected chi connectivity index (χ2v) is 6.50. The van der Waals surface area contributed by atoms with E-state index in [1.165, 1.54) is 31.7 Å². The molecule has 1 aromatic carbocycles. The van der Waals surface area contributed by atoms with E-state index in [4.69, 9.17) is 0 Å². The molecule has 0 radical (unpaired) electrons. The third kappa shape index (κ3) is 3.47. The summed E-state index contributed by atoms with van der Waals surface area (Å²) < 4.78 is 13.7. The Labute approximate surface area is 117 Å². The lowest BCUT2D eigenvalue weighted by Gasteiger charge is -2.32. The summed E-state index contributed by atoms with van der Waals surface area (Å²) in [5.41, 5.74) is 1.01. The van der Waals surface area contributed by atoms with Crippen molar-refractivity contribution >= 4 is 21.6 Å². The maximum Gasteiger partial charge on any atom is 0.137 e. The van der Waals surface area contributed by atoms with Gasteiger partial charge in [-0.15, -0.1) is 0 Å². The van der Waals surface area contributed by atoms with Crippen molar-refractivity contribution in [2.24, 2.45) is 11.8 Å². The van der Waals surface area contributed by atoms with Gasteiger partial charge in [0.15, 0.2) is 0 Å². The van der Waals surface area contributed by atoms with Crippen LogP contribution in [0.4, 0.5) is 10.1 Å². The van der Waals surface area contributed by atoms with Gasteiger partial charge in [-0.05, 0) is 58.8 Å². The van der Waals surface area contributed by atoms with Crippen LogP contribution in [0, 0.1) is 17.7 Å². The van der Waals surface area contributed by atoms with Crippen LogP contribution in [-0.4, -0.2) is 6.04 Å². The van der Waals surface area contributed by atoms with Crippen LogP contribution in [0.15, 0.2) is 22.7 Å². The van der Waals surface area contributed by atoms with Gasteiger partial charge in [0.25, 0.3) is 0 Å². The Morgan fingerprint density at radius 1 is 1.33 bits per heavy atom. The molecule has 0 spiro atoms. The molecule has 1 fully saturated rings. The van der Waals surface area contributed by atoms with Crippen molar-refractivity contribution in [3.8, 4) is 0 Å². The molecule has 0 heterocycles. The summed E-state index contributed by atoms with van der Waals surface area (Å²) >= 11 is 3.23. The van der Waals surface area contributed by atoms with Gasteiger partial charge in [-0.1, -0.05) is 26.7 Å². The highest BCUT2D eigenvalue weighted by Gasteiger charge is 2.23. The van der Waals surface area contributed by atoms with Gasteiger partial charge in [0.1, 0.15) is 5.82 Å². The van der Waals surface area contributed by atoms with E-state index >= 15 is 0 Å². The molecule has 1 nitrogen and oxygen atoms in total. The van der Waals surface area contributed by atoms with Crippen LogP contribution in [0.5, 0.6) is 0 Å². The topological polar surface area (TPSA) is 12.0 Å². The monoisotopic (exact) mass is 313 g/mol. The molecular weight excluding hydrogens is 293 g/mol. The molecule has 18 heavy (non-hydrogen) atoms. The van der Waals surface area contributed by atoms with Crippen molar-refractivity contribution in [1.82, 2.24) is 0 Å². The molecule has 2 rings (SSSR count). The Hall–Kier alpha value is -0.570. The van der Waals surface area contributed by atoms with Gasteiger partial charge in [-0.2, -0.15) is 0 Å². The van der Waals surface area contributed by atoms with Gasteiger partial charge >= 0.3 is 0 Å². The zero-order valence-corrected chi connectivity index (χ0v) is 12.6. The molecule has 0 bridgehead atoms. The highest BCUT2D eigenvalue weighted by molar-refractivity contribution is 9.10. The van der Waals surface area contributed by atoms with Crippen LogP contribution < -0.4 is 5.32 Å². The average molecular weight is 314 g/mol. The van der Waals surface area contributed by atoms with E-state index in [2.05, 4.69) is 35.1 Å². The molecule has 1 aromatic rings. The normalized spacial score (nSPS) is 24.3. The van der Waals surface area contributed by atoms with Crippen molar-refractivity contribution in [2.75, 3.05) is 5.32 Å². The molecule has 2 unspecified atom stereocenters. The SMILES string of the molecule is CC(C)C1CCCC(Nc2ccc(F)c(Br)c2)C1. The maximum atomic E-state index is 13.2. The molecule has 2 atom stereocenters. The van der Waals surface area contributed by atoms with Crippen molar-refractivity contribution < 1.29 is 4.39 Å². The van der Waals surface area contributed by atoms with E-state index in [1.807, 2.05) is 12.1 Å². The summed E-state index contributed by atoms with van der Waals surface area (Å²) in [6.07, 6.45) is 5.09. The molecule has 1 aliphatic rings. The van der Waals surface area contributed by atoms with Gasteiger partial charge < -0.3 is 5.32 Å². The highest BCUT2D eigenvalue weighted by Crippen LogP contribution is 2.32. The summed E-state index contributed by atoms with van der Waals surface area (Å²) in [5, 5.41) is 3.54. The predicted molar refractivity (Wildman–Crippen MR) is 78.3 cm³/mol. The number of halogens is 2. The number of rotatable bonds is 3. The van der Waals surface area contributed by atoms with E-state index in [9.17, 15) is 4.39 Å². The molecule has 100 valence electrons. The first-order chi connectivity index (χ1) is 8.56. The minimum absolute atomic E-state index is 0.204. The quantitative estimate of drug-likeness (QED) is 0.807. The first-order valence-electron chi connectivity index (χ1n) is 6.78. The second kappa shape index (κ2) is 6.05. The standard InChI is InChI=1S/C15H21BrFN/c1-10(2)11-4-3-5-12(8-11)18-13-6-7-15(17)14(16)9-13/h6-7,9-12,18H,3-5,8H2,1-2H3. The molecule has 1 N–H and O–H groups in total. The zero-order valence-electron chi connectivity index (χ0n) is 11.0. The fraction of sp³-hybridized carbons (Fsp3) is 0.600. The van der Waals surface area contributed by atoms with E-state index in [-0.39, 0.29) is 5.82 Å². The molecule has 0 aliphatic heterocycles. The van der Waals surface area contributed by atoms with E-state index in [1.54, 1.807) is 0 Å². The molecule has 0 amide bonds. The van der Waals surface area contributed by atoms with Gasteiger partial charge in [0.05, 0.1) is 4.47 Å². The largest absolute Gasteiger partial charge is 0.382 e. The molecular formula is C15H21BrFN. The van der Waals surface area contributed by atoms with Crippen LogP contribution in [0.1, 0.15) is 39.5 Å². The van der Waals surface area contributed by atoms with Crippen molar-refractivity contribution in [3.05, 3.63) is 28.5 Å². The molecule has 1 saturated carbocycles. The highest BCUT2D eigenvalue weighted by atomic mass is 79.9. The van der Waals surface area contributed by atoms with Crippen LogP contribution in [-0.2, 0) is 0 Å². The number of nitrogens with one attached hydrogen (secondary N) is 1. The summed E-state index contributed by atoms with van der Waals surface area (Å²) in [7, 11) is 0. The average Bonchev–Trinajstić information content (AvgIpc) is 2.34. The Bertz CT molecular complexity index is 405. The zero-order chi connectivity index (χ0) is 13.1. The molecule has 3 heteroatoms. The first-order valence-corrected chi connectivity index (χ1v) is 7.57. The van der Waals surface area contributed by atoms with Crippen LogP contribution in [0.2, 0.25) is 0 Å². The van der Waals surface area contributed by atoms with E-state index < -0.39 is 0 Å². The lowest BCUT2D eigenvalue weighted by molar-refractivity contribution is 0.264. The number of hydrogen-bond donors (Lipinski definition) is 1. The summed E-state index contributed by atoms with van der Waals surface area (Å²) in [4.78, 5) is 0. The summed E-state index contributed by atoms with van der Waals surface area (Å²) in [5.74, 6) is 1.37. The van der Waals surface area contributed by atoms with E-state index in [0.717, 1.165) is 17.5 Å². The van der Waals surface area contributed by atoms with Gasteiger partial charge in [0, 0.05) is 11.7 Å². The van der Waals surface area contributed by atoms with Gasteiger partial charge in [-0.25, -0.2) is 4.39 Å². The van der Waals surface area contributed by atoms with E-state index in [0.29, 0.717) is 10.5 Å². The minimum atomic E-state index is -0.204. The van der Waals surface area contributed by atoms with Crippen molar-refractivity contribution in [2.45, 2.75) is 45.6 Å². The Morgan fingerprint density at radius 3 is 2.78 bits per heavy atom. The minimum Gasteiger partial charge on any atom is -0.382 e. The predicted octanol–water partition coefficient (Wildman–Crippen LogP) is 5.21. The Morgan fingerprint density at radius 2 is 2.11 bits per heavy atom. The molecule has 1 aliphatic carbocycles. The Kier molecular flexibility index (Phi) is 4.66. The van der Waals surface area contributed by atoms with Crippen molar-refractivity contribution in [3.63, 3.8) is 0 Å². The lowest BCUT2D eigenvalue weighted by Crippen LogP contribution is -2.29. The van der Waals surface area contributed by atoms with Crippen LogP contribution in [0.25, 0.3) is 0 Å². The fourth-order valence-corrected chi connectivity index (χ4v) is 3.16. The van der Waals surface area contributed by atoms with Crippen molar-refractivity contribution in [1.29, 1.82) is 0 Å². The number of benzene rings is 1. The molecule has 0 saturated heterocycles. The van der Waals surface area contributed by atoms with Crippen LogP contribution >= 0.6 is 15.9 Å². The third-order valence-corrected chi connectivity index (χ3v) is 4.56. The third-order valence-electron chi connectivity index (χ3n) is 3.95. The lowest BCUT2D eigenvalue weighted by atomic mass is 9.79. The van der Waals surface area contributed by atoms with Gasteiger partial charge in [-0.3, -0.25) is 0 Å². The fourth-order valence-electron chi connectivity index (χ4n) is 2.79. The Balaban J connectivity index is 1.98. The number of anilines is 1. The van der Waals surface area contributed by atoms with Gasteiger partial charge in [0.2, 0.25) is 0 Å². The summed E-state index contributed by atoms with van der Waals surface area (Å²) in [6, 6.07) is 5.69. The maximum absolute atomic E-state index is 13.2. The summed E-state index contributed by atoms with van der Waals surface area (Å²) in [6.45, 7) is 4.61. The second-order valence-electron chi connectivity index (χ2n) is 5.64. The number of hydrogen-bond acceptors (Lipinski definition) is 1. The smallest absolute Gasteiger partial charge is 0.137 e. The van der Waals surface area contributed by atoms with Crippen LogP contribution in [0.3, 0.4) is 0 Å². The first kappa shape index (κ1) is 13.9.